The lowest BCUT2D eigenvalue weighted by molar-refractivity contribution is -0.118. The van der Waals surface area contributed by atoms with Crippen molar-refractivity contribution in [1.82, 2.24) is 0 Å². The predicted octanol–water partition coefficient (Wildman–Crippen LogP) is 5.51. The quantitative estimate of drug-likeness (QED) is 0.471. The fourth-order valence-electron chi connectivity index (χ4n) is 4.09. The summed E-state index contributed by atoms with van der Waals surface area (Å²) in [7, 11) is 3.99. The van der Waals surface area contributed by atoms with Crippen molar-refractivity contribution in [3.8, 4) is 0 Å². The lowest BCUT2D eigenvalue weighted by atomic mass is 10.0. The summed E-state index contributed by atoms with van der Waals surface area (Å²) >= 11 is 0. The minimum Gasteiger partial charge on any atom is -0.378 e. The van der Waals surface area contributed by atoms with E-state index in [1.807, 2.05) is 91.8 Å². The summed E-state index contributed by atoms with van der Waals surface area (Å²) in [5, 5.41) is 5.99. The average Bonchev–Trinajstić information content (AvgIpc) is 3.45. The predicted molar refractivity (Wildman–Crippen MR) is 139 cm³/mol. The molecule has 0 bridgehead atoms. The van der Waals surface area contributed by atoms with Crippen LogP contribution in [0.3, 0.4) is 0 Å². The van der Waals surface area contributed by atoms with E-state index in [0.717, 1.165) is 41.0 Å². The van der Waals surface area contributed by atoms with E-state index in [9.17, 15) is 9.59 Å². The SMILES string of the molecule is CN(C)c1ccc(CC(=O)Nc2ccc(Cc3ccc(NC(=O)C4CC4(C)C)cc3)cc2)cc1. The van der Waals surface area contributed by atoms with Crippen LogP contribution < -0.4 is 15.5 Å². The lowest BCUT2D eigenvalue weighted by Gasteiger charge is -2.12. The van der Waals surface area contributed by atoms with Crippen LogP contribution in [0.5, 0.6) is 0 Å². The Balaban J connectivity index is 1.27. The third kappa shape index (κ3) is 6.04. The Morgan fingerprint density at radius 2 is 1.26 bits per heavy atom. The van der Waals surface area contributed by atoms with Crippen LogP contribution in [0, 0.1) is 11.3 Å². The van der Waals surface area contributed by atoms with Crippen molar-refractivity contribution < 1.29 is 9.59 Å². The van der Waals surface area contributed by atoms with Gasteiger partial charge in [-0.2, -0.15) is 0 Å². The standard InChI is InChI=1S/C29H33N3O2/c1-29(2)19-26(29)28(34)31-24-13-7-21(8-14-24)17-20-5-11-23(12-6-20)30-27(33)18-22-9-15-25(16-10-22)32(3)4/h5-16,26H,17-19H2,1-4H3,(H,30,33)(H,31,34). The van der Waals surface area contributed by atoms with Crippen LogP contribution in [0.1, 0.15) is 37.0 Å². The average molecular weight is 456 g/mol. The van der Waals surface area contributed by atoms with Gasteiger partial charge in [-0.1, -0.05) is 50.2 Å². The van der Waals surface area contributed by atoms with Gasteiger partial charge in [-0.25, -0.2) is 0 Å². The first-order chi connectivity index (χ1) is 16.2. The van der Waals surface area contributed by atoms with Crippen LogP contribution >= 0.6 is 0 Å². The molecule has 176 valence electrons. The Bertz CT molecular complexity index is 1150. The van der Waals surface area contributed by atoms with Crippen molar-refractivity contribution in [2.24, 2.45) is 11.3 Å². The molecule has 5 heteroatoms. The Morgan fingerprint density at radius 3 is 1.74 bits per heavy atom. The second kappa shape index (κ2) is 9.72. The molecule has 2 amide bonds. The number of amides is 2. The van der Waals surface area contributed by atoms with Gasteiger partial charge in [0.2, 0.25) is 11.8 Å². The molecule has 4 rings (SSSR count). The molecule has 1 saturated carbocycles. The number of benzene rings is 3. The molecule has 0 spiro atoms. The molecular weight excluding hydrogens is 422 g/mol. The molecule has 5 nitrogen and oxygen atoms in total. The molecule has 0 aliphatic heterocycles. The van der Waals surface area contributed by atoms with Crippen molar-refractivity contribution >= 4 is 28.9 Å². The van der Waals surface area contributed by atoms with E-state index in [2.05, 4.69) is 24.5 Å². The topological polar surface area (TPSA) is 61.4 Å². The molecule has 1 unspecified atom stereocenters. The Labute approximate surface area is 202 Å². The fourth-order valence-corrected chi connectivity index (χ4v) is 4.09. The van der Waals surface area contributed by atoms with Gasteiger partial charge in [-0.3, -0.25) is 9.59 Å². The van der Waals surface area contributed by atoms with Crippen molar-refractivity contribution in [3.63, 3.8) is 0 Å². The van der Waals surface area contributed by atoms with Gasteiger partial charge in [0.15, 0.2) is 0 Å². The molecule has 34 heavy (non-hydrogen) atoms. The van der Waals surface area contributed by atoms with Gasteiger partial charge < -0.3 is 15.5 Å². The molecule has 0 saturated heterocycles. The van der Waals surface area contributed by atoms with Crippen LogP contribution in [-0.2, 0) is 22.4 Å². The zero-order valence-electron chi connectivity index (χ0n) is 20.4. The third-order valence-corrected chi connectivity index (χ3v) is 6.51. The first kappa shape index (κ1) is 23.6. The van der Waals surface area contributed by atoms with E-state index >= 15 is 0 Å². The highest BCUT2D eigenvalue weighted by Gasteiger charge is 2.50. The van der Waals surface area contributed by atoms with Gasteiger partial charge in [-0.05, 0) is 71.3 Å². The number of hydrogen-bond acceptors (Lipinski definition) is 3. The van der Waals surface area contributed by atoms with Gasteiger partial charge in [0.05, 0.1) is 6.42 Å². The molecule has 3 aromatic rings. The maximum absolute atomic E-state index is 12.4. The van der Waals surface area contributed by atoms with Gasteiger partial charge in [0, 0.05) is 37.1 Å². The highest BCUT2D eigenvalue weighted by atomic mass is 16.2. The van der Waals surface area contributed by atoms with E-state index in [1.54, 1.807) is 0 Å². The number of nitrogens with one attached hydrogen (secondary N) is 2. The Hall–Kier alpha value is -3.60. The monoisotopic (exact) mass is 455 g/mol. The zero-order valence-corrected chi connectivity index (χ0v) is 20.4. The zero-order chi connectivity index (χ0) is 24.3. The second-order valence-electron chi connectivity index (χ2n) is 10.1. The second-order valence-corrected chi connectivity index (χ2v) is 10.1. The minimum absolute atomic E-state index is 0.0300. The molecule has 2 N–H and O–H groups in total. The summed E-state index contributed by atoms with van der Waals surface area (Å²) in [4.78, 5) is 26.7. The molecule has 1 fully saturated rings. The van der Waals surface area contributed by atoms with Crippen LogP contribution in [0.4, 0.5) is 17.1 Å². The molecule has 1 aliphatic rings. The number of nitrogens with zero attached hydrogens (tertiary/aromatic N) is 1. The molecule has 0 radical (unpaired) electrons. The molecule has 0 heterocycles. The third-order valence-electron chi connectivity index (χ3n) is 6.51. The van der Waals surface area contributed by atoms with Crippen molar-refractivity contribution in [2.45, 2.75) is 33.1 Å². The van der Waals surface area contributed by atoms with Crippen LogP contribution in [0.2, 0.25) is 0 Å². The first-order valence-corrected chi connectivity index (χ1v) is 11.7. The number of hydrogen-bond donors (Lipinski definition) is 2. The molecule has 0 aromatic heterocycles. The van der Waals surface area contributed by atoms with Crippen LogP contribution in [0.25, 0.3) is 0 Å². The molecule has 1 aliphatic carbocycles. The maximum atomic E-state index is 12.4. The first-order valence-electron chi connectivity index (χ1n) is 11.7. The fraction of sp³-hybridized carbons (Fsp3) is 0.310. The highest BCUT2D eigenvalue weighted by Crippen LogP contribution is 2.52. The number of rotatable bonds is 8. The summed E-state index contributed by atoms with van der Waals surface area (Å²) < 4.78 is 0. The van der Waals surface area contributed by atoms with E-state index < -0.39 is 0 Å². The Morgan fingerprint density at radius 1 is 0.794 bits per heavy atom. The summed E-state index contributed by atoms with van der Waals surface area (Å²) in [6, 6.07) is 24.0. The number of carbonyl (C=O) groups is 2. The summed E-state index contributed by atoms with van der Waals surface area (Å²) in [6.07, 6.45) is 2.09. The van der Waals surface area contributed by atoms with Crippen molar-refractivity contribution in [2.75, 3.05) is 29.6 Å². The highest BCUT2D eigenvalue weighted by molar-refractivity contribution is 5.95. The largest absolute Gasteiger partial charge is 0.378 e. The smallest absolute Gasteiger partial charge is 0.228 e. The maximum Gasteiger partial charge on any atom is 0.228 e. The van der Waals surface area contributed by atoms with Crippen molar-refractivity contribution in [1.29, 1.82) is 0 Å². The molecule has 3 aromatic carbocycles. The van der Waals surface area contributed by atoms with E-state index in [-0.39, 0.29) is 23.1 Å². The molecule has 1 atom stereocenters. The summed E-state index contributed by atoms with van der Waals surface area (Å²) in [5.74, 6) is 0.202. The normalized spacial score (nSPS) is 15.9. The van der Waals surface area contributed by atoms with Crippen LogP contribution in [0.15, 0.2) is 72.8 Å². The van der Waals surface area contributed by atoms with Crippen molar-refractivity contribution in [3.05, 3.63) is 89.5 Å². The minimum atomic E-state index is -0.0300. The number of anilines is 3. The summed E-state index contributed by atoms with van der Waals surface area (Å²) in [6.45, 7) is 4.25. The number of carbonyl (C=O) groups excluding carboxylic acids is 2. The van der Waals surface area contributed by atoms with Gasteiger partial charge >= 0.3 is 0 Å². The van der Waals surface area contributed by atoms with Gasteiger partial charge in [-0.15, -0.1) is 0 Å². The van der Waals surface area contributed by atoms with E-state index in [4.69, 9.17) is 0 Å². The van der Waals surface area contributed by atoms with E-state index in [1.165, 1.54) is 5.56 Å². The Kier molecular flexibility index (Phi) is 6.73. The van der Waals surface area contributed by atoms with Gasteiger partial charge in [0.25, 0.3) is 0 Å². The van der Waals surface area contributed by atoms with Crippen LogP contribution in [-0.4, -0.2) is 25.9 Å². The molecular formula is C29H33N3O2. The summed E-state index contributed by atoms with van der Waals surface area (Å²) in [5.41, 5.74) is 6.19. The van der Waals surface area contributed by atoms with Gasteiger partial charge in [0.1, 0.15) is 0 Å². The van der Waals surface area contributed by atoms with E-state index in [0.29, 0.717) is 6.42 Å². The lowest BCUT2D eigenvalue weighted by Crippen LogP contribution is -2.16.